The average Bonchev–Trinajstić information content (AvgIpc) is 3.32. The summed E-state index contributed by atoms with van der Waals surface area (Å²) in [4.78, 5) is 26.4. The van der Waals surface area contributed by atoms with E-state index in [1.165, 1.54) is 0 Å². The molecular weight excluding hydrogens is 282 g/mol. The number of ether oxygens (including phenoxy) is 1. The molecule has 1 aromatic rings. The van der Waals surface area contributed by atoms with E-state index in [0.29, 0.717) is 12.3 Å². The molecule has 3 rings (SSSR count). The molecule has 0 bridgehead atoms. The van der Waals surface area contributed by atoms with Gasteiger partial charge in [0.05, 0.1) is 11.6 Å². The molecule has 0 spiro atoms. The number of esters is 1. The lowest BCUT2D eigenvalue weighted by Crippen LogP contribution is -2.44. The minimum atomic E-state index is -0.243. The highest BCUT2D eigenvalue weighted by molar-refractivity contribution is 5.82. The summed E-state index contributed by atoms with van der Waals surface area (Å²) in [5.74, 6) is 0.505. The van der Waals surface area contributed by atoms with Crippen LogP contribution in [0.3, 0.4) is 0 Å². The Balaban J connectivity index is 1.65. The third-order valence-corrected chi connectivity index (χ3v) is 4.64. The highest BCUT2D eigenvalue weighted by Crippen LogP contribution is 2.33. The topological polar surface area (TPSA) is 64.4 Å². The van der Waals surface area contributed by atoms with Crippen LogP contribution in [0.25, 0.3) is 0 Å². The predicted molar refractivity (Wildman–Crippen MR) is 80.3 cm³/mol. The van der Waals surface area contributed by atoms with Crippen LogP contribution in [0.1, 0.15) is 37.1 Å². The van der Waals surface area contributed by atoms with Gasteiger partial charge in [-0.2, -0.15) is 5.10 Å². The zero-order valence-electron chi connectivity index (χ0n) is 13.5. The molecule has 2 fully saturated rings. The first-order valence-electron chi connectivity index (χ1n) is 7.98. The number of nitrogens with zero attached hydrogens (tertiary/aromatic N) is 3. The van der Waals surface area contributed by atoms with Crippen LogP contribution in [0.5, 0.6) is 5.75 Å². The van der Waals surface area contributed by atoms with Crippen molar-refractivity contribution in [2.24, 2.45) is 18.9 Å². The third-order valence-electron chi connectivity index (χ3n) is 4.64. The molecule has 1 aliphatic heterocycles. The van der Waals surface area contributed by atoms with Crippen LogP contribution in [0.15, 0.2) is 0 Å². The number of rotatable bonds is 3. The standard InChI is InChI=1S/C16H23N3O3/c1-10-14(11(2)18(3)17-10)22-16(21)13-5-4-8-19(9-13)15(20)12-6-7-12/h12-13H,4-9H2,1-3H3/t13-/m1/s1. The Morgan fingerprint density at radius 2 is 1.91 bits per heavy atom. The van der Waals surface area contributed by atoms with Crippen molar-refractivity contribution in [2.75, 3.05) is 13.1 Å². The molecule has 0 N–H and O–H groups in total. The first-order chi connectivity index (χ1) is 10.5. The Morgan fingerprint density at radius 1 is 1.18 bits per heavy atom. The lowest BCUT2D eigenvalue weighted by atomic mass is 9.98. The van der Waals surface area contributed by atoms with Crippen molar-refractivity contribution in [3.05, 3.63) is 11.4 Å². The number of hydrogen-bond acceptors (Lipinski definition) is 4. The lowest BCUT2D eigenvalue weighted by Gasteiger charge is -2.31. The quantitative estimate of drug-likeness (QED) is 0.796. The maximum atomic E-state index is 12.4. The van der Waals surface area contributed by atoms with Crippen LogP contribution < -0.4 is 4.74 Å². The van der Waals surface area contributed by atoms with Gasteiger partial charge in [0.25, 0.3) is 0 Å². The molecule has 1 amide bonds. The third kappa shape index (κ3) is 2.87. The minimum Gasteiger partial charge on any atom is -0.422 e. The number of likely N-dealkylation sites (tertiary alicyclic amines) is 1. The number of aryl methyl sites for hydroxylation is 2. The number of piperidine rings is 1. The van der Waals surface area contributed by atoms with E-state index in [2.05, 4.69) is 5.10 Å². The molecule has 1 aliphatic carbocycles. The molecule has 22 heavy (non-hydrogen) atoms. The Labute approximate surface area is 130 Å². The summed E-state index contributed by atoms with van der Waals surface area (Å²) < 4.78 is 7.29. The SMILES string of the molecule is Cc1nn(C)c(C)c1OC(=O)[C@@H]1CCCN(C(=O)C2CC2)C1. The maximum absolute atomic E-state index is 12.4. The molecule has 1 saturated carbocycles. The summed E-state index contributed by atoms with van der Waals surface area (Å²) in [6.07, 6.45) is 3.64. The Hall–Kier alpha value is -1.85. The van der Waals surface area contributed by atoms with Gasteiger partial charge in [-0.3, -0.25) is 14.3 Å². The molecular formula is C16H23N3O3. The van der Waals surface area contributed by atoms with E-state index in [-0.39, 0.29) is 23.7 Å². The highest BCUT2D eigenvalue weighted by atomic mass is 16.5. The highest BCUT2D eigenvalue weighted by Gasteiger charge is 2.37. The Morgan fingerprint density at radius 3 is 2.50 bits per heavy atom. The van der Waals surface area contributed by atoms with Gasteiger partial charge in [-0.05, 0) is 39.5 Å². The number of aromatic nitrogens is 2. The van der Waals surface area contributed by atoms with Gasteiger partial charge < -0.3 is 9.64 Å². The van der Waals surface area contributed by atoms with Gasteiger partial charge in [0.2, 0.25) is 5.91 Å². The molecule has 6 nitrogen and oxygen atoms in total. The normalized spacial score (nSPS) is 21.8. The summed E-state index contributed by atoms with van der Waals surface area (Å²) in [5, 5.41) is 4.26. The van der Waals surface area contributed by atoms with Crippen LogP contribution in [0.2, 0.25) is 0 Å². The molecule has 1 saturated heterocycles. The van der Waals surface area contributed by atoms with E-state index < -0.39 is 0 Å². The predicted octanol–water partition coefficient (Wildman–Crippen LogP) is 1.59. The monoisotopic (exact) mass is 305 g/mol. The summed E-state index contributed by atoms with van der Waals surface area (Å²) in [7, 11) is 1.83. The van der Waals surface area contributed by atoms with Crippen molar-refractivity contribution in [1.29, 1.82) is 0 Å². The van der Waals surface area contributed by atoms with Crippen LogP contribution in [0.4, 0.5) is 0 Å². The molecule has 0 radical (unpaired) electrons. The van der Waals surface area contributed by atoms with E-state index in [1.54, 1.807) is 4.68 Å². The van der Waals surface area contributed by atoms with Crippen molar-refractivity contribution < 1.29 is 14.3 Å². The second-order valence-electron chi connectivity index (χ2n) is 6.44. The molecule has 0 unspecified atom stereocenters. The van der Waals surface area contributed by atoms with Gasteiger partial charge in [0.15, 0.2) is 5.75 Å². The zero-order chi connectivity index (χ0) is 15.9. The van der Waals surface area contributed by atoms with Crippen LogP contribution >= 0.6 is 0 Å². The average molecular weight is 305 g/mol. The van der Waals surface area contributed by atoms with Crippen molar-refractivity contribution in [2.45, 2.75) is 39.5 Å². The second kappa shape index (κ2) is 5.74. The molecule has 1 aromatic heterocycles. The first kappa shape index (κ1) is 15.1. The zero-order valence-corrected chi connectivity index (χ0v) is 13.5. The second-order valence-corrected chi connectivity index (χ2v) is 6.44. The van der Waals surface area contributed by atoms with Gasteiger partial charge in [0, 0.05) is 26.1 Å². The van der Waals surface area contributed by atoms with Crippen LogP contribution in [0, 0.1) is 25.7 Å². The first-order valence-corrected chi connectivity index (χ1v) is 7.98. The Bertz CT molecular complexity index is 604. The Kier molecular flexibility index (Phi) is 3.93. The van der Waals surface area contributed by atoms with E-state index in [0.717, 1.165) is 43.6 Å². The van der Waals surface area contributed by atoms with E-state index in [9.17, 15) is 9.59 Å². The molecule has 2 aliphatic rings. The van der Waals surface area contributed by atoms with Crippen molar-refractivity contribution >= 4 is 11.9 Å². The fourth-order valence-corrected chi connectivity index (χ4v) is 3.04. The van der Waals surface area contributed by atoms with Crippen molar-refractivity contribution in [1.82, 2.24) is 14.7 Å². The van der Waals surface area contributed by atoms with Gasteiger partial charge in [-0.1, -0.05) is 0 Å². The number of amides is 1. The minimum absolute atomic E-state index is 0.206. The van der Waals surface area contributed by atoms with Crippen molar-refractivity contribution in [3.8, 4) is 5.75 Å². The number of hydrogen-bond donors (Lipinski definition) is 0. The molecule has 1 atom stereocenters. The van der Waals surface area contributed by atoms with Crippen molar-refractivity contribution in [3.63, 3.8) is 0 Å². The van der Waals surface area contributed by atoms with Crippen LogP contribution in [-0.4, -0.2) is 39.6 Å². The van der Waals surface area contributed by atoms with E-state index in [4.69, 9.17) is 4.74 Å². The maximum Gasteiger partial charge on any atom is 0.316 e. The largest absolute Gasteiger partial charge is 0.422 e. The van der Waals surface area contributed by atoms with Crippen LogP contribution in [-0.2, 0) is 16.6 Å². The fourth-order valence-electron chi connectivity index (χ4n) is 3.04. The van der Waals surface area contributed by atoms with Gasteiger partial charge in [0.1, 0.15) is 5.69 Å². The number of carbonyl (C=O) groups is 2. The lowest BCUT2D eigenvalue weighted by molar-refractivity contribution is -0.143. The van der Waals surface area contributed by atoms with Gasteiger partial charge in [-0.15, -0.1) is 0 Å². The fraction of sp³-hybridized carbons (Fsp3) is 0.688. The smallest absolute Gasteiger partial charge is 0.316 e. The van der Waals surface area contributed by atoms with E-state index >= 15 is 0 Å². The summed E-state index contributed by atoms with van der Waals surface area (Å²) in [5.41, 5.74) is 1.56. The van der Waals surface area contributed by atoms with Gasteiger partial charge >= 0.3 is 5.97 Å². The molecule has 120 valence electrons. The summed E-state index contributed by atoms with van der Waals surface area (Å²) in [6, 6.07) is 0. The molecule has 6 heteroatoms. The summed E-state index contributed by atoms with van der Waals surface area (Å²) >= 11 is 0. The van der Waals surface area contributed by atoms with E-state index in [1.807, 2.05) is 25.8 Å². The summed E-state index contributed by atoms with van der Waals surface area (Å²) in [6.45, 7) is 4.97. The molecule has 2 heterocycles. The van der Waals surface area contributed by atoms with Gasteiger partial charge in [-0.25, -0.2) is 0 Å². The number of carbonyl (C=O) groups excluding carboxylic acids is 2. The molecule has 0 aromatic carbocycles.